The number of nitrogens with one attached hydrogen (secondary N) is 2. The van der Waals surface area contributed by atoms with Crippen LogP contribution in [-0.2, 0) is 26.0 Å². The topological polar surface area (TPSA) is 140 Å². The summed E-state index contributed by atoms with van der Waals surface area (Å²) in [6.07, 6.45) is -7.47. The zero-order valence-electron chi connectivity index (χ0n) is 26.8. The number of benzene rings is 3. The minimum atomic E-state index is -4.79. The Morgan fingerprint density at radius 2 is 1.67 bits per heavy atom. The highest BCUT2D eigenvalue weighted by atomic mass is 32.2. The van der Waals surface area contributed by atoms with Crippen molar-refractivity contribution in [1.82, 2.24) is 14.7 Å². The molecule has 0 spiro atoms. The molecule has 2 aromatic heterocycles. The molecule has 2 heterocycles. The molecule has 0 saturated heterocycles. The number of pyridine rings is 1. The van der Waals surface area contributed by atoms with Gasteiger partial charge in [-0.3, -0.25) is 14.5 Å². The van der Waals surface area contributed by atoms with Gasteiger partial charge in [0.25, 0.3) is 0 Å². The highest BCUT2D eigenvalue weighted by molar-refractivity contribution is 7.89. The Balaban J connectivity index is 1.37. The fraction of sp³-hybridized carbons (Fsp3) is 0.294. The van der Waals surface area contributed by atoms with Crippen molar-refractivity contribution < 1.29 is 58.9 Å². The molecular formula is C34H29F6N3O7S. The molecule has 1 saturated carbocycles. The van der Waals surface area contributed by atoms with Crippen LogP contribution in [0.2, 0.25) is 0 Å². The van der Waals surface area contributed by atoms with E-state index >= 15 is 0 Å². The monoisotopic (exact) mass is 737 g/mol. The van der Waals surface area contributed by atoms with Gasteiger partial charge < -0.3 is 24.3 Å². The quantitative estimate of drug-likeness (QED) is 0.124. The Bertz CT molecular complexity index is 2270. The highest BCUT2D eigenvalue weighted by Gasteiger charge is 2.53. The average molecular weight is 738 g/mol. The lowest BCUT2D eigenvalue weighted by molar-refractivity contribution is -0.154. The van der Waals surface area contributed by atoms with E-state index < -0.39 is 70.0 Å². The van der Waals surface area contributed by atoms with Crippen molar-refractivity contribution >= 4 is 37.6 Å². The molecule has 0 bridgehead atoms. The molecule has 5 aromatic rings. The van der Waals surface area contributed by atoms with Gasteiger partial charge in [0.2, 0.25) is 21.8 Å². The Kier molecular flexibility index (Phi) is 8.98. The average Bonchev–Trinajstić information content (AvgIpc) is 3.77. The number of aromatic hydroxyl groups is 1. The number of carbonyl (C=O) groups excluding carboxylic acids is 1. The number of hydrogen-bond donors (Lipinski definition) is 3. The predicted molar refractivity (Wildman–Crippen MR) is 173 cm³/mol. The lowest BCUT2D eigenvalue weighted by atomic mass is 9.94. The van der Waals surface area contributed by atoms with Crippen LogP contribution in [0, 0.1) is 6.92 Å². The van der Waals surface area contributed by atoms with Gasteiger partial charge in [0.1, 0.15) is 5.75 Å². The van der Waals surface area contributed by atoms with Crippen molar-refractivity contribution in [3.8, 4) is 34.4 Å². The zero-order valence-corrected chi connectivity index (χ0v) is 27.6. The number of ether oxygens (including phenoxy) is 3. The molecule has 1 aliphatic rings. The molecule has 0 atom stereocenters. The SMILES string of the molecule is COc1ccccc1C1(C(=O)NS(=O)(=O)Cc2ccc(-c3[nH]c(OCC(F)(F)F)c4c3c(O)c(OCC(F)(F)F)c3cccnc34)c(C)c2)CC1. The zero-order chi connectivity index (χ0) is 36.9. The number of carbonyl (C=O) groups is 1. The van der Waals surface area contributed by atoms with Crippen LogP contribution in [0.4, 0.5) is 26.3 Å². The number of aryl methyl sites for hydroxylation is 1. The van der Waals surface area contributed by atoms with Crippen LogP contribution < -0.4 is 18.9 Å². The lowest BCUT2D eigenvalue weighted by Crippen LogP contribution is -2.39. The van der Waals surface area contributed by atoms with E-state index in [4.69, 9.17) is 14.2 Å². The van der Waals surface area contributed by atoms with E-state index in [9.17, 15) is 44.7 Å². The molecule has 1 fully saturated rings. The number of hydrogen-bond acceptors (Lipinski definition) is 8. The second kappa shape index (κ2) is 12.9. The Morgan fingerprint density at radius 1 is 0.980 bits per heavy atom. The van der Waals surface area contributed by atoms with Gasteiger partial charge in [-0.2, -0.15) is 26.3 Å². The molecule has 10 nitrogen and oxygen atoms in total. The molecule has 6 rings (SSSR count). The van der Waals surface area contributed by atoms with Crippen LogP contribution in [0.15, 0.2) is 60.8 Å². The van der Waals surface area contributed by atoms with Gasteiger partial charge in [-0.25, -0.2) is 8.42 Å². The van der Waals surface area contributed by atoms with Crippen LogP contribution in [0.5, 0.6) is 23.1 Å². The predicted octanol–water partition coefficient (Wildman–Crippen LogP) is 6.97. The summed E-state index contributed by atoms with van der Waals surface area (Å²) >= 11 is 0. The van der Waals surface area contributed by atoms with Crippen LogP contribution in [-0.4, -0.2) is 62.1 Å². The Hall–Kier alpha value is -5.19. The third kappa shape index (κ3) is 7.20. The standard InChI is InChI=1S/C34H29F6N3O7S/c1-18-14-19(15-51(46,47)43-31(45)32(11-12-32)22-7-3-4-8-23(22)48-2)9-10-20(18)27-24-25(30(42-27)50-17-34(38,39)40)26-21(6-5-13-41-26)29(28(24)44)49-16-33(35,36)37/h3-10,13-14,42,44H,11-12,15-17H2,1-2H3,(H,43,45). The number of rotatable bonds is 11. The van der Waals surface area contributed by atoms with Crippen LogP contribution in [0.25, 0.3) is 32.9 Å². The van der Waals surface area contributed by atoms with Gasteiger partial charge >= 0.3 is 12.4 Å². The number of aromatic nitrogens is 2. The van der Waals surface area contributed by atoms with Crippen LogP contribution in [0.3, 0.4) is 0 Å². The summed E-state index contributed by atoms with van der Waals surface area (Å²) in [7, 11) is -2.79. The van der Waals surface area contributed by atoms with Crippen molar-refractivity contribution in [2.45, 2.75) is 43.3 Å². The number of fused-ring (bicyclic) bond motifs is 3. The van der Waals surface area contributed by atoms with E-state index in [0.717, 1.165) is 0 Å². The lowest BCUT2D eigenvalue weighted by Gasteiger charge is -2.18. The molecule has 0 radical (unpaired) electrons. The van der Waals surface area contributed by atoms with Gasteiger partial charge in [0.15, 0.2) is 24.7 Å². The second-order valence-electron chi connectivity index (χ2n) is 12.1. The number of aromatic amines is 1. The van der Waals surface area contributed by atoms with Crippen molar-refractivity contribution in [3.63, 3.8) is 0 Å². The maximum atomic E-state index is 13.3. The van der Waals surface area contributed by atoms with E-state index in [1.807, 2.05) is 0 Å². The molecule has 1 amide bonds. The Morgan fingerprint density at radius 3 is 2.31 bits per heavy atom. The first-order valence-corrected chi connectivity index (χ1v) is 16.9. The number of phenols is 1. The number of halogens is 6. The fourth-order valence-corrected chi connectivity index (χ4v) is 7.28. The summed E-state index contributed by atoms with van der Waals surface area (Å²) in [4.78, 5) is 20.1. The first-order valence-electron chi connectivity index (χ1n) is 15.3. The maximum absolute atomic E-state index is 13.3. The van der Waals surface area contributed by atoms with E-state index in [1.54, 1.807) is 31.2 Å². The van der Waals surface area contributed by atoms with Crippen molar-refractivity contribution in [3.05, 3.63) is 77.5 Å². The van der Waals surface area contributed by atoms with Crippen molar-refractivity contribution in [2.24, 2.45) is 0 Å². The number of sulfonamides is 1. The first-order chi connectivity index (χ1) is 23.9. The number of nitrogens with zero attached hydrogens (tertiary/aromatic N) is 1. The van der Waals surface area contributed by atoms with Crippen molar-refractivity contribution in [1.29, 1.82) is 0 Å². The van der Waals surface area contributed by atoms with Gasteiger partial charge in [0.05, 0.1) is 40.3 Å². The summed E-state index contributed by atoms with van der Waals surface area (Å²) in [6, 6.07) is 13.7. The van der Waals surface area contributed by atoms with Gasteiger partial charge in [-0.15, -0.1) is 0 Å². The number of phenolic OH excluding ortho intramolecular Hbond substituents is 1. The summed E-state index contributed by atoms with van der Waals surface area (Å²) in [6.45, 7) is -1.99. The van der Waals surface area contributed by atoms with E-state index in [-0.39, 0.29) is 38.5 Å². The summed E-state index contributed by atoms with van der Waals surface area (Å²) in [5.41, 5.74) is 0.141. The fourth-order valence-electron chi connectivity index (χ4n) is 6.11. The number of alkyl halides is 6. The van der Waals surface area contributed by atoms with Crippen LogP contribution >= 0.6 is 0 Å². The largest absolute Gasteiger partial charge is 0.504 e. The minimum Gasteiger partial charge on any atom is -0.504 e. The normalized spacial score (nSPS) is 14.4. The van der Waals surface area contributed by atoms with Crippen LogP contribution in [0.1, 0.15) is 29.5 Å². The maximum Gasteiger partial charge on any atom is 0.422 e. The molecular weight excluding hydrogens is 708 g/mol. The van der Waals surface area contributed by atoms with E-state index in [1.165, 1.54) is 43.6 Å². The highest BCUT2D eigenvalue weighted by Crippen LogP contribution is 2.52. The Labute approximate surface area is 286 Å². The smallest absolute Gasteiger partial charge is 0.422 e. The molecule has 51 heavy (non-hydrogen) atoms. The molecule has 17 heteroatoms. The summed E-state index contributed by atoms with van der Waals surface area (Å²) < 4.78 is 123. The number of para-hydroxylation sites is 1. The third-order valence-corrected chi connectivity index (χ3v) is 9.65. The number of methoxy groups -OCH3 is 1. The third-order valence-electron chi connectivity index (χ3n) is 8.44. The molecule has 0 unspecified atom stereocenters. The van der Waals surface area contributed by atoms with E-state index in [0.29, 0.717) is 29.7 Å². The molecule has 3 N–H and O–H groups in total. The van der Waals surface area contributed by atoms with Crippen molar-refractivity contribution in [2.75, 3.05) is 20.3 Å². The van der Waals surface area contributed by atoms with Gasteiger partial charge in [0, 0.05) is 22.7 Å². The van der Waals surface area contributed by atoms with E-state index in [2.05, 4.69) is 14.7 Å². The first kappa shape index (κ1) is 35.6. The minimum absolute atomic E-state index is 0.0585. The number of amides is 1. The summed E-state index contributed by atoms with van der Waals surface area (Å²) in [5.74, 6) is -2.78. The summed E-state index contributed by atoms with van der Waals surface area (Å²) in [5, 5.41) is 10.8. The molecule has 270 valence electrons. The van der Waals surface area contributed by atoms with Gasteiger partial charge in [-0.05, 0) is 49.1 Å². The molecule has 0 aliphatic heterocycles. The number of H-pyrrole nitrogens is 1. The second-order valence-corrected chi connectivity index (χ2v) is 13.8. The molecule has 3 aromatic carbocycles. The van der Waals surface area contributed by atoms with Gasteiger partial charge in [-0.1, -0.05) is 36.4 Å². The molecule has 1 aliphatic carbocycles.